The lowest BCUT2D eigenvalue weighted by atomic mass is 10.2. The van der Waals surface area contributed by atoms with Crippen molar-refractivity contribution >= 4 is 0 Å². The second kappa shape index (κ2) is 5.41. The largest absolute Gasteiger partial charge is 0.335 e. The molecule has 21 heavy (non-hydrogen) atoms. The zero-order chi connectivity index (χ0) is 14.8. The van der Waals surface area contributed by atoms with Crippen LogP contribution >= 0.6 is 0 Å². The molecule has 0 unspecified atom stereocenters. The van der Waals surface area contributed by atoms with Crippen LogP contribution < -0.4 is 5.73 Å². The van der Waals surface area contributed by atoms with Crippen molar-refractivity contribution in [3.8, 4) is 23.0 Å². The van der Waals surface area contributed by atoms with Crippen LogP contribution in [0, 0.1) is 11.6 Å². The quantitative estimate of drug-likeness (QED) is 0.793. The van der Waals surface area contributed by atoms with Crippen LogP contribution in [0.5, 0.6) is 0 Å². The monoisotopic (exact) mass is 291 g/mol. The minimum atomic E-state index is -0.705. The molecule has 0 aliphatic heterocycles. The molecule has 8 heteroatoms. The van der Waals surface area contributed by atoms with E-state index in [0.29, 0.717) is 18.8 Å². The number of hydrogen-bond donors (Lipinski definition) is 1. The second-order valence-corrected chi connectivity index (χ2v) is 4.37. The molecule has 2 N–H and O–H groups in total. The van der Waals surface area contributed by atoms with E-state index in [1.807, 2.05) is 0 Å². The first kappa shape index (κ1) is 13.4. The minimum Gasteiger partial charge on any atom is -0.335 e. The lowest BCUT2D eigenvalue weighted by molar-refractivity contribution is 0.431. The third-order valence-electron chi connectivity index (χ3n) is 2.79. The summed E-state index contributed by atoms with van der Waals surface area (Å²) in [7, 11) is 0. The highest BCUT2D eigenvalue weighted by Crippen LogP contribution is 2.22. The number of nitrogens with zero attached hydrogens (tertiary/aromatic N) is 4. The molecule has 0 aliphatic carbocycles. The van der Waals surface area contributed by atoms with Crippen molar-refractivity contribution in [1.82, 2.24) is 19.7 Å². The Bertz CT molecular complexity index is 747. The fraction of sp³-hybridized carbons (Fsp3) is 0.154. The second-order valence-electron chi connectivity index (χ2n) is 4.37. The average molecular weight is 291 g/mol. The maximum atomic E-state index is 13.2. The predicted molar refractivity (Wildman–Crippen MR) is 69.9 cm³/mol. The van der Waals surface area contributed by atoms with E-state index in [-0.39, 0.29) is 17.3 Å². The highest BCUT2D eigenvalue weighted by molar-refractivity contribution is 5.57. The maximum absolute atomic E-state index is 13.2. The normalized spacial score (nSPS) is 11.0. The molecule has 108 valence electrons. The molecule has 2 heterocycles. The molecule has 0 aliphatic rings. The standard InChI is InChI=1S/C13H11F2N5O/c14-9-3-8(4-10(15)5-9)12-18-13(21-19-12)11-6-20(2-1-16)7-17-11/h3-7H,1-2,16H2. The van der Waals surface area contributed by atoms with Crippen LogP contribution in [-0.4, -0.2) is 26.2 Å². The van der Waals surface area contributed by atoms with Crippen molar-refractivity contribution in [2.24, 2.45) is 5.73 Å². The molecule has 0 bridgehead atoms. The molecule has 0 atom stereocenters. The maximum Gasteiger partial charge on any atom is 0.278 e. The van der Waals surface area contributed by atoms with Gasteiger partial charge in [-0.25, -0.2) is 13.8 Å². The summed E-state index contributed by atoms with van der Waals surface area (Å²) >= 11 is 0. The molecule has 0 saturated carbocycles. The smallest absolute Gasteiger partial charge is 0.278 e. The molecule has 3 rings (SSSR count). The van der Waals surface area contributed by atoms with Crippen molar-refractivity contribution in [1.29, 1.82) is 0 Å². The SMILES string of the molecule is NCCn1cnc(-c2nc(-c3cc(F)cc(F)c3)no2)c1. The van der Waals surface area contributed by atoms with Gasteiger partial charge in [0.05, 0.1) is 6.33 Å². The lowest BCUT2D eigenvalue weighted by Gasteiger charge is -1.95. The van der Waals surface area contributed by atoms with Crippen LogP contribution in [0.15, 0.2) is 35.2 Å². The van der Waals surface area contributed by atoms with E-state index >= 15 is 0 Å². The summed E-state index contributed by atoms with van der Waals surface area (Å²) in [5.74, 6) is -1.14. The van der Waals surface area contributed by atoms with Gasteiger partial charge >= 0.3 is 0 Å². The van der Waals surface area contributed by atoms with E-state index in [1.165, 1.54) is 0 Å². The van der Waals surface area contributed by atoms with E-state index in [1.54, 1.807) is 17.1 Å². The molecular weight excluding hydrogens is 280 g/mol. The van der Waals surface area contributed by atoms with Gasteiger partial charge in [0.2, 0.25) is 5.82 Å². The Balaban J connectivity index is 1.91. The van der Waals surface area contributed by atoms with Crippen molar-refractivity contribution < 1.29 is 13.3 Å². The van der Waals surface area contributed by atoms with Crippen molar-refractivity contribution in [3.63, 3.8) is 0 Å². The van der Waals surface area contributed by atoms with Gasteiger partial charge in [0.15, 0.2) is 0 Å². The van der Waals surface area contributed by atoms with E-state index in [2.05, 4.69) is 15.1 Å². The van der Waals surface area contributed by atoms with Crippen molar-refractivity contribution in [2.45, 2.75) is 6.54 Å². The number of aromatic nitrogens is 4. The fourth-order valence-electron chi connectivity index (χ4n) is 1.87. The average Bonchev–Trinajstić information content (AvgIpc) is 3.06. The first-order valence-corrected chi connectivity index (χ1v) is 6.18. The number of imidazole rings is 1. The molecule has 0 spiro atoms. The Hall–Kier alpha value is -2.61. The van der Waals surface area contributed by atoms with Gasteiger partial charge in [0.1, 0.15) is 17.3 Å². The summed E-state index contributed by atoms with van der Waals surface area (Å²) in [5, 5.41) is 3.71. The zero-order valence-electron chi connectivity index (χ0n) is 10.8. The van der Waals surface area contributed by atoms with Gasteiger partial charge in [-0.05, 0) is 12.1 Å². The lowest BCUT2D eigenvalue weighted by Crippen LogP contribution is -2.07. The molecule has 0 fully saturated rings. The Morgan fingerprint density at radius 3 is 2.67 bits per heavy atom. The highest BCUT2D eigenvalue weighted by Gasteiger charge is 2.14. The van der Waals surface area contributed by atoms with Crippen LogP contribution in [0.1, 0.15) is 0 Å². The summed E-state index contributed by atoms with van der Waals surface area (Å²) in [6, 6.07) is 3.04. The van der Waals surface area contributed by atoms with Crippen molar-refractivity contribution in [2.75, 3.05) is 6.54 Å². The fourth-order valence-corrected chi connectivity index (χ4v) is 1.87. The number of nitrogens with two attached hydrogens (primary N) is 1. The highest BCUT2D eigenvalue weighted by atomic mass is 19.1. The van der Waals surface area contributed by atoms with Crippen LogP contribution in [0.3, 0.4) is 0 Å². The van der Waals surface area contributed by atoms with Crippen LogP contribution in [-0.2, 0) is 6.54 Å². The number of benzene rings is 1. The van der Waals surface area contributed by atoms with Gasteiger partial charge in [-0.15, -0.1) is 0 Å². The van der Waals surface area contributed by atoms with Crippen LogP contribution in [0.25, 0.3) is 23.0 Å². The summed E-state index contributed by atoms with van der Waals surface area (Å²) in [4.78, 5) is 8.20. The molecule has 3 aromatic rings. The minimum absolute atomic E-state index is 0.0942. The number of rotatable bonds is 4. The third-order valence-corrected chi connectivity index (χ3v) is 2.79. The Labute approximate surface area is 118 Å². The topological polar surface area (TPSA) is 82.8 Å². The Morgan fingerprint density at radius 2 is 1.95 bits per heavy atom. The third kappa shape index (κ3) is 2.79. The Kier molecular flexibility index (Phi) is 3.44. The first-order valence-electron chi connectivity index (χ1n) is 6.18. The van der Waals surface area contributed by atoms with Gasteiger partial charge in [-0.2, -0.15) is 4.98 Å². The first-order chi connectivity index (χ1) is 10.2. The van der Waals surface area contributed by atoms with Crippen LogP contribution in [0.2, 0.25) is 0 Å². The van der Waals surface area contributed by atoms with Crippen molar-refractivity contribution in [3.05, 3.63) is 42.4 Å². The molecule has 0 saturated heterocycles. The summed E-state index contributed by atoms with van der Waals surface area (Å²) in [6.07, 6.45) is 3.30. The van der Waals surface area contributed by atoms with Gasteiger partial charge in [0, 0.05) is 30.9 Å². The van der Waals surface area contributed by atoms with E-state index in [4.69, 9.17) is 10.3 Å². The van der Waals surface area contributed by atoms with Crippen LogP contribution in [0.4, 0.5) is 8.78 Å². The summed E-state index contributed by atoms with van der Waals surface area (Å²) < 4.78 is 33.2. The molecule has 2 aromatic heterocycles. The van der Waals surface area contributed by atoms with E-state index in [0.717, 1.165) is 18.2 Å². The molecule has 1 aromatic carbocycles. The molecule has 0 radical (unpaired) electrons. The Morgan fingerprint density at radius 1 is 1.19 bits per heavy atom. The number of halogens is 2. The zero-order valence-corrected chi connectivity index (χ0v) is 10.8. The molecular formula is C13H11F2N5O. The van der Waals surface area contributed by atoms with E-state index in [9.17, 15) is 8.78 Å². The van der Waals surface area contributed by atoms with Gasteiger partial charge in [-0.3, -0.25) is 0 Å². The molecule has 0 amide bonds. The van der Waals surface area contributed by atoms with Gasteiger partial charge in [-0.1, -0.05) is 5.16 Å². The summed E-state index contributed by atoms with van der Waals surface area (Å²) in [5.41, 5.74) is 6.12. The van der Waals surface area contributed by atoms with Gasteiger partial charge in [0.25, 0.3) is 5.89 Å². The molecule has 6 nitrogen and oxygen atoms in total. The van der Waals surface area contributed by atoms with E-state index < -0.39 is 11.6 Å². The van der Waals surface area contributed by atoms with Gasteiger partial charge < -0.3 is 14.8 Å². The number of hydrogen-bond acceptors (Lipinski definition) is 5. The summed E-state index contributed by atoms with van der Waals surface area (Å²) in [6.45, 7) is 1.09. The predicted octanol–water partition coefficient (Wildman–Crippen LogP) is 1.84.